The van der Waals surface area contributed by atoms with Crippen molar-refractivity contribution in [1.82, 2.24) is 0 Å². The van der Waals surface area contributed by atoms with Crippen LogP contribution in [0.25, 0.3) is 0 Å². The predicted octanol–water partition coefficient (Wildman–Crippen LogP) is 2.91. The van der Waals surface area contributed by atoms with Gasteiger partial charge in [-0.2, -0.15) is 0 Å². The highest BCUT2D eigenvalue weighted by atomic mass is 16.6. The smallest absolute Gasteiger partial charge is 0.334 e. The zero-order chi connectivity index (χ0) is 17.9. The highest BCUT2D eigenvalue weighted by molar-refractivity contribution is 5.91. The van der Waals surface area contributed by atoms with E-state index >= 15 is 0 Å². The zero-order valence-corrected chi connectivity index (χ0v) is 14.4. The summed E-state index contributed by atoms with van der Waals surface area (Å²) < 4.78 is 11.0. The highest BCUT2D eigenvalue weighted by Crippen LogP contribution is 2.36. The van der Waals surface area contributed by atoms with Crippen LogP contribution in [0.15, 0.2) is 35.5 Å². The van der Waals surface area contributed by atoms with Gasteiger partial charge in [0.05, 0.1) is 11.8 Å². The number of hydrogen-bond acceptors (Lipinski definition) is 5. The molecule has 0 amide bonds. The minimum Gasteiger partial charge on any atom is -0.461 e. The largest absolute Gasteiger partial charge is 0.461 e. The van der Waals surface area contributed by atoms with E-state index < -0.39 is 24.1 Å². The highest BCUT2D eigenvalue weighted by Gasteiger charge is 2.44. The number of allylic oxidation sites excluding steroid dienone is 2. The molecule has 5 nitrogen and oxygen atoms in total. The van der Waals surface area contributed by atoms with Gasteiger partial charge in [-0.25, -0.2) is 4.79 Å². The Morgan fingerprint density at radius 1 is 1.46 bits per heavy atom. The van der Waals surface area contributed by atoms with E-state index in [-0.39, 0.29) is 23.9 Å². The van der Waals surface area contributed by atoms with Gasteiger partial charge in [0.2, 0.25) is 0 Å². The summed E-state index contributed by atoms with van der Waals surface area (Å²) in [5, 5.41) is 0. The Morgan fingerprint density at radius 2 is 2.17 bits per heavy atom. The molecule has 0 bridgehead atoms. The summed E-state index contributed by atoms with van der Waals surface area (Å²) in [6.07, 6.45) is 5.13. The van der Waals surface area contributed by atoms with Crippen molar-refractivity contribution in [1.29, 1.82) is 0 Å². The molecule has 1 saturated heterocycles. The van der Waals surface area contributed by atoms with Gasteiger partial charge in [-0.3, -0.25) is 9.59 Å². The first-order valence-corrected chi connectivity index (χ1v) is 8.25. The number of hydrogen-bond donors (Lipinski definition) is 0. The van der Waals surface area contributed by atoms with Crippen LogP contribution in [0, 0.1) is 11.8 Å². The van der Waals surface area contributed by atoms with E-state index in [0.29, 0.717) is 12.0 Å². The van der Waals surface area contributed by atoms with Crippen molar-refractivity contribution in [3.05, 3.63) is 35.5 Å². The van der Waals surface area contributed by atoms with Crippen molar-refractivity contribution in [2.45, 2.75) is 52.2 Å². The molecule has 0 aromatic heterocycles. The molecule has 130 valence electrons. The molecule has 5 heteroatoms. The molecule has 24 heavy (non-hydrogen) atoms. The minimum atomic E-state index is -0.651. The van der Waals surface area contributed by atoms with E-state index in [4.69, 9.17) is 9.47 Å². The second-order valence-corrected chi connectivity index (χ2v) is 6.70. The molecule has 3 atom stereocenters. The van der Waals surface area contributed by atoms with E-state index in [1.54, 1.807) is 13.8 Å². The standard InChI is InChI=1S/C19H24O5/c1-11(2)18(21)23-16-9-14(10-20)7-5-6-12(3)8-15-17(16)13(4)19(22)24-15/h7-8,10-11,15-17H,4-6,9H2,1-3H3/b12-8-,14-7+/t15-,16-,17+/m1/s1. The van der Waals surface area contributed by atoms with Gasteiger partial charge in [-0.05, 0) is 31.4 Å². The van der Waals surface area contributed by atoms with Gasteiger partial charge < -0.3 is 9.47 Å². The SMILES string of the molecule is C=C1C(=O)O[C@@H]2/C=C(/C)CC/C=C(/C=O)C[C@@H](OC(=O)C(C)C)[C@@H]12. The number of carbonyl (C=O) groups excluding carboxylic acids is 3. The number of ether oxygens (including phenoxy) is 2. The number of carbonyl (C=O) groups is 3. The third kappa shape index (κ3) is 4.02. The van der Waals surface area contributed by atoms with Gasteiger partial charge >= 0.3 is 11.9 Å². The van der Waals surface area contributed by atoms with Crippen molar-refractivity contribution in [2.75, 3.05) is 0 Å². The molecule has 0 saturated carbocycles. The summed E-state index contributed by atoms with van der Waals surface area (Å²) in [6, 6.07) is 0. The Kier molecular flexibility index (Phi) is 5.75. The first kappa shape index (κ1) is 18.2. The van der Waals surface area contributed by atoms with Crippen LogP contribution < -0.4 is 0 Å². The van der Waals surface area contributed by atoms with Gasteiger partial charge in [0.1, 0.15) is 18.5 Å². The summed E-state index contributed by atoms with van der Waals surface area (Å²) in [6.45, 7) is 9.26. The third-order valence-corrected chi connectivity index (χ3v) is 4.38. The fourth-order valence-electron chi connectivity index (χ4n) is 2.97. The first-order chi connectivity index (χ1) is 11.3. The van der Waals surface area contributed by atoms with Gasteiger partial charge in [-0.15, -0.1) is 0 Å². The molecular formula is C19H24O5. The van der Waals surface area contributed by atoms with Crippen LogP contribution in [0.3, 0.4) is 0 Å². The number of esters is 2. The van der Waals surface area contributed by atoms with Crippen molar-refractivity contribution in [3.8, 4) is 0 Å². The van der Waals surface area contributed by atoms with Crippen LogP contribution >= 0.6 is 0 Å². The average molecular weight is 332 g/mol. The molecule has 1 aliphatic carbocycles. The van der Waals surface area contributed by atoms with Gasteiger partial charge in [0.25, 0.3) is 0 Å². The van der Waals surface area contributed by atoms with E-state index in [2.05, 4.69) is 6.58 Å². The fourth-order valence-corrected chi connectivity index (χ4v) is 2.97. The lowest BCUT2D eigenvalue weighted by atomic mass is 9.85. The number of aldehydes is 1. The Hall–Kier alpha value is -2.17. The van der Waals surface area contributed by atoms with Crippen LogP contribution in [0.2, 0.25) is 0 Å². The molecule has 0 aromatic rings. The normalized spacial score (nSPS) is 32.1. The average Bonchev–Trinajstić information content (AvgIpc) is 2.79. The minimum absolute atomic E-state index is 0.256. The summed E-state index contributed by atoms with van der Waals surface area (Å²) >= 11 is 0. The number of rotatable bonds is 3. The molecule has 2 aliphatic rings. The second kappa shape index (κ2) is 7.60. The molecule has 0 unspecified atom stereocenters. The summed E-state index contributed by atoms with van der Waals surface area (Å²) in [7, 11) is 0. The molecule has 0 N–H and O–H groups in total. The molecule has 0 aromatic carbocycles. The molecule has 0 spiro atoms. The number of fused-ring (bicyclic) bond motifs is 1. The summed E-state index contributed by atoms with van der Waals surface area (Å²) in [4.78, 5) is 35.4. The maximum Gasteiger partial charge on any atom is 0.334 e. The lowest BCUT2D eigenvalue weighted by Gasteiger charge is -2.27. The van der Waals surface area contributed by atoms with Crippen molar-refractivity contribution in [2.24, 2.45) is 11.8 Å². The van der Waals surface area contributed by atoms with Gasteiger partial charge in [-0.1, -0.05) is 32.1 Å². The Balaban J connectivity index is 2.41. The van der Waals surface area contributed by atoms with Crippen LogP contribution in [-0.2, 0) is 23.9 Å². The lowest BCUT2D eigenvalue weighted by molar-refractivity contribution is -0.155. The molecule has 1 fully saturated rings. The maximum absolute atomic E-state index is 12.1. The van der Waals surface area contributed by atoms with Crippen LogP contribution in [0.1, 0.15) is 40.0 Å². The maximum atomic E-state index is 12.1. The molecule has 0 radical (unpaired) electrons. The fraction of sp³-hybridized carbons (Fsp3) is 0.526. The lowest BCUT2D eigenvalue weighted by Crippen LogP contribution is -2.34. The van der Waals surface area contributed by atoms with E-state index in [1.807, 2.05) is 19.1 Å². The van der Waals surface area contributed by atoms with Crippen molar-refractivity contribution >= 4 is 18.2 Å². The molecule has 2 rings (SSSR count). The monoisotopic (exact) mass is 332 g/mol. The molecule has 1 heterocycles. The van der Waals surface area contributed by atoms with E-state index in [9.17, 15) is 14.4 Å². The van der Waals surface area contributed by atoms with E-state index in [1.165, 1.54) is 0 Å². The van der Waals surface area contributed by atoms with Crippen molar-refractivity contribution < 1.29 is 23.9 Å². The van der Waals surface area contributed by atoms with Crippen LogP contribution in [0.4, 0.5) is 0 Å². The summed E-state index contributed by atoms with van der Waals surface area (Å²) in [5.41, 5.74) is 1.92. The second-order valence-electron chi connectivity index (χ2n) is 6.70. The van der Waals surface area contributed by atoms with Crippen LogP contribution in [-0.4, -0.2) is 30.4 Å². The van der Waals surface area contributed by atoms with E-state index in [0.717, 1.165) is 18.3 Å². The predicted molar refractivity (Wildman–Crippen MR) is 89.0 cm³/mol. The first-order valence-electron chi connectivity index (χ1n) is 8.25. The van der Waals surface area contributed by atoms with Gasteiger partial charge in [0, 0.05) is 12.0 Å². The Bertz CT molecular complexity index is 611. The van der Waals surface area contributed by atoms with Gasteiger partial charge in [0.15, 0.2) is 0 Å². The molecular weight excluding hydrogens is 308 g/mol. The summed E-state index contributed by atoms with van der Waals surface area (Å²) in [5.74, 6) is -1.62. The quantitative estimate of drug-likeness (QED) is 0.344. The van der Waals surface area contributed by atoms with Crippen molar-refractivity contribution in [3.63, 3.8) is 0 Å². The molecule has 1 aliphatic heterocycles. The zero-order valence-electron chi connectivity index (χ0n) is 14.4. The topological polar surface area (TPSA) is 69.7 Å². The van der Waals surface area contributed by atoms with Crippen LogP contribution in [0.5, 0.6) is 0 Å². The third-order valence-electron chi connectivity index (χ3n) is 4.38. The Labute approximate surface area is 142 Å². The Morgan fingerprint density at radius 3 is 2.79 bits per heavy atom.